The van der Waals surface area contributed by atoms with E-state index >= 15 is 0 Å². The van der Waals surface area contributed by atoms with E-state index in [2.05, 4.69) is 9.72 Å². The lowest BCUT2D eigenvalue weighted by atomic mass is 10.2. The number of carbonyl (C=O) groups excluding carboxylic acids is 1. The third-order valence-corrected chi connectivity index (χ3v) is 2.91. The summed E-state index contributed by atoms with van der Waals surface area (Å²) < 4.78 is 6.34. The van der Waals surface area contributed by atoms with E-state index in [9.17, 15) is 14.9 Å². The molecule has 1 aromatic heterocycles. The minimum absolute atomic E-state index is 0.0138. The Bertz CT molecular complexity index is 663. The Hall–Kier alpha value is -2.70. The van der Waals surface area contributed by atoms with Crippen LogP contribution in [0.3, 0.4) is 0 Å². The summed E-state index contributed by atoms with van der Waals surface area (Å²) in [7, 11) is 1.29. The molecule has 7 heteroatoms. The van der Waals surface area contributed by atoms with Crippen LogP contribution >= 0.6 is 0 Å². The summed E-state index contributed by atoms with van der Waals surface area (Å²) >= 11 is 0. The molecule has 0 aliphatic rings. The van der Waals surface area contributed by atoms with Gasteiger partial charge in [-0.3, -0.25) is 10.1 Å². The molecule has 20 heavy (non-hydrogen) atoms. The topological polar surface area (TPSA) is 87.3 Å². The van der Waals surface area contributed by atoms with Crippen molar-refractivity contribution in [1.29, 1.82) is 0 Å². The fourth-order valence-corrected chi connectivity index (χ4v) is 1.89. The van der Waals surface area contributed by atoms with Crippen LogP contribution < -0.4 is 0 Å². The highest BCUT2D eigenvalue weighted by atomic mass is 16.6. The fraction of sp³-hybridized carbons (Fsp3) is 0.231. The Morgan fingerprint density at radius 1 is 1.50 bits per heavy atom. The van der Waals surface area contributed by atoms with Crippen molar-refractivity contribution in [2.75, 3.05) is 7.11 Å². The summed E-state index contributed by atoms with van der Waals surface area (Å²) in [6.45, 7) is 2.07. The van der Waals surface area contributed by atoms with Crippen molar-refractivity contribution < 1.29 is 14.5 Å². The Kier molecular flexibility index (Phi) is 3.79. The first-order valence-electron chi connectivity index (χ1n) is 5.86. The highest BCUT2D eigenvalue weighted by Crippen LogP contribution is 2.16. The predicted molar refractivity (Wildman–Crippen MR) is 70.5 cm³/mol. The molecule has 7 nitrogen and oxygen atoms in total. The Labute approximate surface area is 115 Å². The van der Waals surface area contributed by atoms with Crippen LogP contribution in [-0.4, -0.2) is 27.6 Å². The molecule has 0 unspecified atom stereocenters. The number of nitrogens with zero attached hydrogens (tertiary/aromatic N) is 3. The van der Waals surface area contributed by atoms with Gasteiger partial charge in [0.25, 0.3) is 5.69 Å². The maximum Gasteiger partial charge on any atom is 0.356 e. The molecule has 0 radical (unpaired) electrons. The molecule has 2 rings (SSSR count). The van der Waals surface area contributed by atoms with Crippen LogP contribution in [0.15, 0.2) is 30.5 Å². The molecule has 0 bridgehead atoms. The minimum Gasteiger partial charge on any atom is -0.464 e. The second-order valence-electron chi connectivity index (χ2n) is 4.20. The summed E-state index contributed by atoms with van der Waals surface area (Å²) in [5.41, 5.74) is 1.04. The molecule has 0 atom stereocenters. The highest BCUT2D eigenvalue weighted by Gasteiger charge is 2.15. The van der Waals surface area contributed by atoms with Crippen LogP contribution in [-0.2, 0) is 11.3 Å². The number of hydrogen-bond donors (Lipinski definition) is 0. The number of aromatic nitrogens is 2. The number of hydrogen-bond acceptors (Lipinski definition) is 5. The first kappa shape index (κ1) is 13.7. The molecule has 0 spiro atoms. The molecule has 2 aromatic rings. The first-order chi connectivity index (χ1) is 9.52. The quantitative estimate of drug-likeness (QED) is 0.483. The number of ether oxygens (including phenoxy) is 1. The predicted octanol–water partition coefficient (Wildman–Crippen LogP) is 1.93. The average Bonchev–Trinajstić information content (AvgIpc) is 2.80. The third kappa shape index (κ3) is 2.66. The smallest absolute Gasteiger partial charge is 0.356 e. The van der Waals surface area contributed by atoms with E-state index in [0.717, 1.165) is 0 Å². The van der Waals surface area contributed by atoms with Crippen LogP contribution in [0, 0.1) is 17.0 Å². The van der Waals surface area contributed by atoms with Crippen molar-refractivity contribution in [3.63, 3.8) is 0 Å². The van der Waals surface area contributed by atoms with Crippen molar-refractivity contribution in [1.82, 2.24) is 9.55 Å². The summed E-state index contributed by atoms with van der Waals surface area (Å²) in [5, 5.41) is 10.8. The van der Waals surface area contributed by atoms with Crippen molar-refractivity contribution in [2.45, 2.75) is 13.5 Å². The SMILES string of the molecule is COC(=O)c1cnc(C)n1Cc1cccc([N+](=O)[O-])c1. The molecular weight excluding hydrogens is 262 g/mol. The van der Waals surface area contributed by atoms with Gasteiger partial charge < -0.3 is 9.30 Å². The van der Waals surface area contributed by atoms with E-state index in [0.29, 0.717) is 23.6 Å². The Morgan fingerprint density at radius 2 is 2.25 bits per heavy atom. The molecule has 1 heterocycles. The molecule has 0 amide bonds. The third-order valence-electron chi connectivity index (χ3n) is 2.91. The van der Waals surface area contributed by atoms with Crippen molar-refractivity contribution in [2.24, 2.45) is 0 Å². The summed E-state index contributed by atoms with van der Waals surface area (Å²) in [6.07, 6.45) is 1.43. The first-order valence-corrected chi connectivity index (χ1v) is 5.86. The maximum atomic E-state index is 11.6. The number of carbonyl (C=O) groups is 1. The molecule has 0 saturated heterocycles. The van der Waals surface area contributed by atoms with Gasteiger partial charge >= 0.3 is 5.97 Å². The van der Waals surface area contributed by atoms with Gasteiger partial charge in [0.1, 0.15) is 11.5 Å². The molecule has 0 N–H and O–H groups in total. The second-order valence-corrected chi connectivity index (χ2v) is 4.20. The van der Waals surface area contributed by atoms with E-state index < -0.39 is 10.9 Å². The van der Waals surface area contributed by atoms with E-state index in [-0.39, 0.29) is 5.69 Å². The molecule has 104 valence electrons. The fourth-order valence-electron chi connectivity index (χ4n) is 1.89. The number of nitro groups is 1. The number of esters is 1. The summed E-state index contributed by atoms with van der Waals surface area (Å²) in [5.74, 6) is 0.146. The van der Waals surface area contributed by atoms with Crippen LogP contribution in [0.25, 0.3) is 0 Å². The zero-order chi connectivity index (χ0) is 14.7. The maximum absolute atomic E-state index is 11.6. The van der Waals surface area contributed by atoms with E-state index in [1.54, 1.807) is 23.6 Å². The molecule has 0 aliphatic carbocycles. The number of nitro benzene ring substituents is 1. The Morgan fingerprint density at radius 3 is 2.90 bits per heavy atom. The second kappa shape index (κ2) is 5.52. The molecular formula is C13H13N3O4. The van der Waals surface area contributed by atoms with Crippen LogP contribution in [0.5, 0.6) is 0 Å². The summed E-state index contributed by atoms with van der Waals surface area (Å²) in [4.78, 5) is 26.0. The van der Waals surface area contributed by atoms with Crippen LogP contribution in [0.4, 0.5) is 5.69 Å². The molecule has 0 fully saturated rings. The van der Waals surface area contributed by atoms with Gasteiger partial charge in [-0.2, -0.15) is 0 Å². The van der Waals surface area contributed by atoms with Gasteiger partial charge in [-0.25, -0.2) is 9.78 Å². The number of methoxy groups -OCH3 is 1. The molecule has 1 aromatic carbocycles. The lowest BCUT2D eigenvalue weighted by Gasteiger charge is -2.09. The largest absolute Gasteiger partial charge is 0.464 e. The lowest BCUT2D eigenvalue weighted by molar-refractivity contribution is -0.384. The van der Waals surface area contributed by atoms with E-state index in [1.165, 1.54) is 25.4 Å². The zero-order valence-electron chi connectivity index (χ0n) is 11.1. The summed E-state index contributed by atoms with van der Waals surface area (Å²) in [6, 6.07) is 6.26. The zero-order valence-corrected chi connectivity index (χ0v) is 11.1. The number of aryl methyl sites for hydroxylation is 1. The molecule has 0 aliphatic heterocycles. The van der Waals surface area contributed by atoms with Gasteiger partial charge in [-0.1, -0.05) is 12.1 Å². The van der Waals surface area contributed by atoms with Gasteiger partial charge in [-0.05, 0) is 12.5 Å². The van der Waals surface area contributed by atoms with Crippen molar-refractivity contribution >= 4 is 11.7 Å². The number of imidazole rings is 1. The van der Waals surface area contributed by atoms with E-state index in [1.807, 2.05) is 0 Å². The monoisotopic (exact) mass is 275 g/mol. The number of non-ortho nitro benzene ring substituents is 1. The number of benzene rings is 1. The standard InChI is InChI=1S/C13H13N3O4/c1-9-14-7-12(13(17)20-2)15(9)8-10-4-3-5-11(6-10)16(18)19/h3-7H,8H2,1-2H3. The number of rotatable bonds is 4. The Balaban J connectivity index is 2.35. The average molecular weight is 275 g/mol. The normalized spacial score (nSPS) is 10.3. The molecule has 0 saturated carbocycles. The van der Waals surface area contributed by atoms with Crippen molar-refractivity contribution in [3.8, 4) is 0 Å². The van der Waals surface area contributed by atoms with Crippen molar-refractivity contribution in [3.05, 3.63) is 57.7 Å². The lowest BCUT2D eigenvalue weighted by Crippen LogP contribution is -2.12. The van der Waals surface area contributed by atoms with Crippen LogP contribution in [0.2, 0.25) is 0 Å². The van der Waals surface area contributed by atoms with Crippen LogP contribution in [0.1, 0.15) is 21.9 Å². The van der Waals surface area contributed by atoms with Gasteiger partial charge in [0, 0.05) is 18.7 Å². The van der Waals surface area contributed by atoms with Gasteiger partial charge in [0.15, 0.2) is 0 Å². The van der Waals surface area contributed by atoms with Gasteiger partial charge in [0.2, 0.25) is 0 Å². The highest BCUT2D eigenvalue weighted by molar-refractivity contribution is 5.87. The minimum atomic E-state index is -0.490. The van der Waals surface area contributed by atoms with E-state index in [4.69, 9.17) is 0 Å². The van der Waals surface area contributed by atoms with Gasteiger partial charge in [-0.15, -0.1) is 0 Å². The van der Waals surface area contributed by atoms with Gasteiger partial charge in [0.05, 0.1) is 18.2 Å².